The van der Waals surface area contributed by atoms with Crippen molar-refractivity contribution in [2.45, 2.75) is 31.9 Å². The van der Waals surface area contributed by atoms with Crippen molar-refractivity contribution >= 4 is 35.2 Å². The van der Waals surface area contributed by atoms with Gasteiger partial charge in [0.1, 0.15) is 6.54 Å². The van der Waals surface area contributed by atoms with Crippen LogP contribution in [0.1, 0.15) is 37.0 Å². The molecule has 6 nitrogen and oxygen atoms in total. The maximum Gasteiger partial charge on any atom is 0.322 e. The fourth-order valence-corrected chi connectivity index (χ4v) is 2.71. The van der Waals surface area contributed by atoms with Gasteiger partial charge in [-0.2, -0.15) is 0 Å². The Kier molecular flexibility index (Phi) is 8.18. The standard InChI is InChI=1S/C16H22N2O4S/c1-3-4-9-23-11(2)15(21)18-13-7-5-12(6-8-13)16(22)17-10-14(19)20/h5-8,11H,3-4,9-10H2,1-2H3,(H,17,22)(H,18,21)(H,19,20). The molecule has 2 amide bonds. The van der Waals surface area contributed by atoms with Gasteiger partial charge in [-0.1, -0.05) is 13.3 Å². The Bertz CT molecular complexity index is 546. The van der Waals surface area contributed by atoms with Crippen LogP contribution in [-0.2, 0) is 9.59 Å². The normalized spacial score (nSPS) is 11.6. The summed E-state index contributed by atoms with van der Waals surface area (Å²) in [6.07, 6.45) is 2.19. The van der Waals surface area contributed by atoms with Crippen LogP contribution in [0.4, 0.5) is 5.69 Å². The fourth-order valence-electron chi connectivity index (χ4n) is 1.69. The summed E-state index contributed by atoms with van der Waals surface area (Å²) >= 11 is 1.61. The van der Waals surface area contributed by atoms with E-state index in [9.17, 15) is 14.4 Å². The summed E-state index contributed by atoms with van der Waals surface area (Å²) in [5, 5.41) is 13.5. The van der Waals surface area contributed by atoms with Gasteiger partial charge in [0.2, 0.25) is 5.91 Å². The zero-order valence-corrected chi connectivity index (χ0v) is 14.1. The molecule has 1 unspecified atom stereocenters. The number of carboxylic acid groups (broad SMARTS) is 1. The Morgan fingerprint density at radius 3 is 2.43 bits per heavy atom. The van der Waals surface area contributed by atoms with Crippen molar-refractivity contribution in [3.63, 3.8) is 0 Å². The van der Waals surface area contributed by atoms with Gasteiger partial charge in [0.25, 0.3) is 5.91 Å². The number of unbranched alkanes of at least 4 members (excludes halogenated alkanes) is 1. The molecule has 1 aromatic rings. The first-order chi connectivity index (χ1) is 10.9. The Morgan fingerprint density at radius 2 is 1.87 bits per heavy atom. The monoisotopic (exact) mass is 338 g/mol. The third-order valence-corrected chi connectivity index (χ3v) is 4.29. The molecule has 0 bridgehead atoms. The number of nitrogens with one attached hydrogen (secondary N) is 2. The first-order valence-electron chi connectivity index (χ1n) is 7.46. The predicted octanol–water partition coefficient (Wildman–Crippen LogP) is 2.36. The molecular formula is C16H22N2O4S. The highest BCUT2D eigenvalue weighted by Crippen LogP contribution is 2.16. The number of aliphatic carboxylic acids is 1. The molecule has 0 aliphatic carbocycles. The molecule has 0 fully saturated rings. The van der Waals surface area contributed by atoms with Crippen LogP contribution >= 0.6 is 11.8 Å². The molecule has 0 aliphatic heterocycles. The Balaban J connectivity index is 2.51. The quantitative estimate of drug-likeness (QED) is 0.601. The second-order valence-electron chi connectivity index (χ2n) is 5.01. The van der Waals surface area contributed by atoms with E-state index in [1.165, 1.54) is 0 Å². The lowest BCUT2D eigenvalue weighted by molar-refractivity contribution is -0.135. The SMILES string of the molecule is CCCCSC(C)C(=O)Nc1ccc(C(=O)NCC(=O)O)cc1. The van der Waals surface area contributed by atoms with Gasteiger partial charge in [-0.25, -0.2) is 0 Å². The van der Waals surface area contributed by atoms with Crippen LogP contribution in [0.3, 0.4) is 0 Å². The first kappa shape index (κ1) is 19.0. The van der Waals surface area contributed by atoms with E-state index in [4.69, 9.17) is 5.11 Å². The average Bonchev–Trinajstić information content (AvgIpc) is 2.53. The van der Waals surface area contributed by atoms with Crippen molar-refractivity contribution in [3.05, 3.63) is 29.8 Å². The van der Waals surface area contributed by atoms with Crippen molar-refractivity contribution in [1.82, 2.24) is 5.32 Å². The largest absolute Gasteiger partial charge is 0.480 e. The summed E-state index contributed by atoms with van der Waals surface area (Å²) < 4.78 is 0. The highest BCUT2D eigenvalue weighted by Gasteiger charge is 2.13. The second kappa shape index (κ2) is 9.89. The third kappa shape index (κ3) is 7.19. The minimum absolute atomic E-state index is 0.0748. The lowest BCUT2D eigenvalue weighted by atomic mass is 10.2. The van der Waals surface area contributed by atoms with Crippen LogP contribution in [0.25, 0.3) is 0 Å². The van der Waals surface area contributed by atoms with Gasteiger partial charge in [-0.3, -0.25) is 14.4 Å². The predicted molar refractivity (Wildman–Crippen MR) is 91.9 cm³/mol. The molecule has 0 saturated heterocycles. The number of hydrogen-bond donors (Lipinski definition) is 3. The maximum atomic E-state index is 12.0. The lowest BCUT2D eigenvalue weighted by Gasteiger charge is -2.12. The summed E-state index contributed by atoms with van der Waals surface area (Å²) in [6.45, 7) is 3.55. The van der Waals surface area contributed by atoms with Crippen LogP contribution in [0, 0.1) is 0 Å². The number of amides is 2. The van der Waals surface area contributed by atoms with E-state index >= 15 is 0 Å². The number of hydrogen-bond acceptors (Lipinski definition) is 4. The minimum atomic E-state index is -1.10. The summed E-state index contributed by atoms with van der Waals surface area (Å²) in [5.74, 6) is -0.687. The van der Waals surface area contributed by atoms with E-state index < -0.39 is 18.4 Å². The number of benzene rings is 1. The molecule has 0 spiro atoms. The molecular weight excluding hydrogens is 316 g/mol. The van der Waals surface area contributed by atoms with E-state index in [1.807, 2.05) is 6.92 Å². The van der Waals surface area contributed by atoms with Crippen molar-refractivity contribution in [1.29, 1.82) is 0 Å². The molecule has 126 valence electrons. The van der Waals surface area contributed by atoms with Crippen molar-refractivity contribution in [2.75, 3.05) is 17.6 Å². The molecule has 0 saturated carbocycles. The molecule has 0 radical (unpaired) electrons. The van der Waals surface area contributed by atoms with Crippen LogP contribution in [0.15, 0.2) is 24.3 Å². The van der Waals surface area contributed by atoms with Crippen molar-refractivity contribution < 1.29 is 19.5 Å². The molecule has 0 aromatic heterocycles. The summed E-state index contributed by atoms with van der Waals surface area (Å²) in [6, 6.07) is 6.33. The molecule has 1 aromatic carbocycles. The van der Waals surface area contributed by atoms with E-state index in [0.29, 0.717) is 11.3 Å². The number of anilines is 1. The average molecular weight is 338 g/mol. The van der Waals surface area contributed by atoms with Gasteiger partial charge in [-0.05, 0) is 43.4 Å². The smallest absolute Gasteiger partial charge is 0.322 e. The lowest BCUT2D eigenvalue weighted by Crippen LogP contribution is -2.29. The summed E-state index contributed by atoms with van der Waals surface area (Å²) in [5.41, 5.74) is 0.947. The Labute approximate surface area is 140 Å². The van der Waals surface area contributed by atoms with Gasteiger partial charge in [-0.15, -0.1) is 11.8 Å². The third-order valence-electron chi connectivity index (χ3n) is 3.05. The topological polar surface area (TPSA) is 95.5 Å². The van der Waals surface area contributed by atoms with E-state index in [1.54, 1.807) is 36.0 Å². The van der Waals surface area contributed by atoms with Gasteiger partial charge in [0.05, 0.1) is 5.25 Å². The van der Waals surface area contributed by atoms with Crippen molar-refractivity contribution in [2.24, 2.45) is 0 Å². The zero-order valence-electron chi connectivity index (χ0n) is 13.3. The molecule has 3 N–H and O–H groups in total. The molecule has 1 rings (SSSR count). The zero-order chi connectivity index (χ0) is 17.2. The van der Waals surface area contributed by atoms with Crippen LogP contribution in [0.5, 0.6) is 0 Å². The molecule has 23 heavy (non-hydrogen) atoms. The van der Waals surface area contributed by atoms with E-state index in [-0.39, 0.29) is 11.2 Å². The number of thioether (sulfide) groups is 1. The molecule has 1 atom stereocenters. The highest BCUT2D eigenvalue weighted by molar-refractivity contribution is 8.00. The van der Waals surface area contributed by atoms with Crippen LogP contribution in [-0.4, -0.2) is 40.4 Å². The number of carboxylic acids is 1. The van der Waals surface area contributed by atoms with Crippen LogP contribution in [0.2, 0.25) is 0 Å². The summed E-state index contributed by atoms with van der Waals surface area (Å²) in [4.78, 5) is 34.1. The molecule has 0 heterocycles. The van der Waals surface area contributed by atoms with Gasteiger partial charge >= 0.3 is 5.97 Å². The number of carbonyl (C=O) groups is 3. The van der Waals surface area contributed by atoms with Gasteiger partial charge in [0.15, 0.2) is 0 Å². The van der Waals surface area contributed by atoms with E-state index in [2.05, 4.69) is 17.6 Å². The van der Waals surface area contributed by atoms with Gasteiger partial charge < -0.3 is 15.7 Å². The Morgan fingerprint density at radius 1 is 1.22 bits per heavy atom. The van der Waals surface area contributed by atoms with Crippen molar-refractivity contribution in [3.8, 4) is 0 Å². The second-order valence-corrected chi connectivity index (χ2v) is 6.46. The fraction of sp³-hybridized carbons (Fsp3) is 0.438. The molecule has 7 heteroatoms. The molecule has 0 aliphatic rings. The number of rotatable bonds is 9. The van der Waals surface area contributed by atoms with E-state index in [0.717, 1.165) is 18.6 Å². The number of carbonyl (C=O) groups excluding carboxylic acids is 2. The maximum absolute atomic E-state index is 12.0. The minimum Gasteiger partial charge on any atom is -0.480 e. The summed E-state index contributed by atoms with van der Waals surface area (Å²) in [7, 11) is 0. The van der Waals surface area contributed by atoms with Crippen LogP contribution < -0.4 is 10.6 Å². The van der Waals surface area contributed by atoms with Gasteiger partial charge in [0, 0.05) is 11.3 Å². The highest BCUT2D eigenvalue weighted by atomic mass is 32.2. The first-order valence-corrected chi connectivity index (χ1v) is 8.51. The Hall–Kier alpha value is -2.02.